The first-order valence-electron chi connectivity index (χ1n) is 5.20. The van der Waals surface area contributed by atoms with E-state index in [0.717, 1.165) is 16.5 Å². The van der Waals surface area contributed by atoms with Gasteiger partial charge < -0.3 is 4.74 Å². The first-order valence-corrected chi connectivity index (χ1v) is 5.99. The predicted octanol–water partition coefficient (Wildman–Crippen LogP) is 3.82. The van der Waals surface area contributed by atoms with Crippen molar-refractivity contribution in [2.45, 2.75) is 27.2 Å². The van der Waals surface area contributed by atoms with Gasteiger partial charge in [-0.05, 0) is 35.6 Å². The number of hydrogen-bond acceptors (Lipinski definition) is 2. The molecule has 0 bridgehead atoms. The average Bonchev–Trinajstić information content (AvgIpc) is 2.18. The summed E-state index contributed by atoms with van der Waals surface area (Å²) in [6.45, 7) is 6.51. The number of ether oxygens (including phenoxy) is 1. The smallest absolute Gasteiger partial charge is 0.337 e. The molecule has 0 amide bonds. The molecule has 0 aliphatic heterocycles. The Morgan fingerprint density at radius 1 is 1.38 bits per heavy atom. The second-order valence-electron chi connectivity index (χ2n) is 5.04. The largest absolute Gasteiger partial charge is 0.465 e. The molecule has 0 heterocycles. The van der Waals surface area contributed by atoms with E-state index < -0.39 is 0 Å². The number of halogens is 1. The van der Waals surface area contributed by atoms with Crippen LogP contribution in [0, 0.1) is 5.41 Å². The van der Waals surface area contributed by atoms with Gasteiger partial charge in [-0.15, -0.1) is 0 Å². The van der Waals surface area contributed by atoms with Crippen LogP contribution in [0.2, 0.25) is 0 Å². The quantitative estimate of drug-likeness (QED) is 0.772. The highest BCUT2D eigenvalue weighted by molar-refractivity contribution is 9.10. The highest BCUT2D eigenvalue weighted by Crippen LogP contribution is 2.27. The molecule has 1 aromatic carbocycles. The maximum Gasteiger partial charge on any atom is 0.337 e. The number of carbonyl (C=O) groups excluding carboxylic acids is 1. The van der Waals surface area contributed by atoms with E-state index in [1.165, 1.54) is 7.11 Å². The molecule has 0 unspecified atom stereocenters. The second-order valence-corrected chi connectivity index (χ2v) is 5.89. The van der Waals surface area contributed by atoms with Crippen molar-refractivity contribution in [2.75, 3.05) is 7.11 Å². The van der Waals surface area contributed by atoms with Crippen molar-refractivity contribution in [2.24, 2.45) is 5.41 Å². The molecule has 0 saturated carbocycles. The summed E-state index contributed by atoms with van der Waals surface area (Å²) in [4.78, 5) is 11.4. The number of rotatable bonds is 2. The summed E-state index contributed by atoms with van der Waals surface area (Å²) < 4.78 is 5.74. The topological polar surface area (TPSA) is 26.3 Å². The number of hydrogen-bond donors (Lipinski definition) is 0. The lowest BCUT2D eigenvalue weighted by Crippen LogP contribution is -2.11. The Morgan fingerprint density at radius 3 is 2.50 bits per heavy atom. The number of carbonyl (C=O) groups is 1. The molecule has 1 rings (SSSR count). The molecule has 0 saturated heterocycles. The molecule has 0 N–H and O–H groups in total. The summed E-state index contributed by atoms with van der Waals surface area (Å²) in [6, 6.07) is 5.55. The zero-order chi connectivity index (χ0) is 12.3. The molecular weight excluding hydrogens is 268 g/mol. The van der Waals surface area contributed by atoms with E-state index in [-0.39, 0.29) is 11.4 Å². The fraction of sp³-hybridized carbons (Fsp3) is 0.462. The van der Waals surface area contributed by atoms with Crippen molar-refractivity contribution in [1.29, 1.82) is 0 Å². The van der Waals surface area contributed by atoms with E-state index in [9.17, 15) is 4.79 Å². The van der Waals surface area contributed by atoms with Crippen LogP contribution in [0.5, 0.6) is 0 Å². The van der Waals surface area contributed by atoms with Crippen LogP contribution in [-0.4, -0.2) is 13.1 Å². The van der Waals surface area contributed by atoms with Gasteiger partial charge in [0.2, 0.25) is 0 Å². The summed E-state index contributed by atoms with van der Waals surface area (Å²) in [5.74, 6) is -0.289. The predicted molar refractivity (Wildman–Crippen MR) is 68.6 cm³/mol. The highest BCUT2D eigenvalue weighted by Gasteiger charge is 2.15. The van der Waals surface area contributed by atoms with Crippen LogP contribution in [-0.2, 0) is 11.2 Å². The Bertz CT molecular complexity index is 391. The lowest BCUT2D eigenvalue weighted by molar-refractivity contribution is 0.0600. The van der Waals surface area contributed by atoms with Gasteiger partial charge in [-0.25, -0.2) is 4.79 Å². The molecule has 0 aliphatic carbocycles. The van der Waals surface area contributed by atoms with E-state index in [0.29, 0.717) is 5.56 Å². The van der Waals surface area contributed by atoms with E-state index in [4.69, 9.17) is 4.74 Å². The van der Waals surface area contributed by atoms with Gasteiger partial charge in [0.15, 0.2) is 0 Å². The standard InChI is InChI=1S/C13H17BrO2/c1-13(2,3)8-10-7-9(12(15)16-4)5-6-11(10)14/h5-7H,8H2,1-4H3. The van der Waals surface area contributed by atoms with Gasteiger partial charge in [0.1, 0.15) is 0 Å². The van der Waals surface area contributed by atoms with Gasteiger partial charge in [-0.3, -0.25) is 0 Å². The monoisotopic (exact) mass is 284 g/mol. The fourth-order valence-corrected chi connectivity index (χ4v) is 1.91. The van der Waals surface area contributed by atoms with Crippen molar-refractivity contribution in [3.63, 3.8) is 0 Å². The van der Waals surface area contributed by atoms with E-state index >= 15 is 0 Å². The minimum Gasteiger partial charge on any atom is -0.465 e. The number of esters is 1. The normalized spacial score (nSPS) is 11.3. The minimum atomic E-state index is -0.289. The Labute approximate surface area is 105 Å². The summed E-state index contributed by atoms with van der Waals surface area (Å²) >= 11 is 3.50. The Kier molecular flexibility index (Phi) is 4.14. The zero-order valence-corrected chi connectivity index (χ0v) is 11.7. The fourth-order valence-electron chi connectivity index (χ4n) is 1.53. The van der Waals surface area contributed by atoms with Crippen molar-refractivity contribution in [1.82, 2.24) is 0 Å². The lowest BCUT2D eigenvalue weighted by Gasteiger charge is -2.19. The minimum absolute atomic E-state index is 0.192. The maximum absolute atomic E-state index is 11.4. The van der Waals surface area contributed by atoms with Crippen LogP contribution in [0.1, 0.15) is 36.7 Å². The molecule has 0 aromatic heterocycles. The third-order valence-electron chi connectivity index (χ3n) is 2.19. The highest BCUT2D eigenvalue weighted by atomic mass is 79.9. The van der Waals surface area contributed by atoms with E-state index in [1.807, 2.05) is 12.1 Å². The van der Waals surface area contributed by atoms with Crippen LogP contribution < -0.4 is 0 Å². The molecular formula is C13H17BrO2. The van der Waals surface area contributed by atoms with Crippen molar-refractivity contribution in [3.8, 4) is 0 Å². The third kappa shape index (κ3) is 3.63. The molecule has 0 atom stereocenters. The van der Waals surface area contributed by atoms with Gasteiger partial charge in [-0.2, -0.15) is 0 Å². The van der Waals surface area contributed by atoms with Crippen molar-refractivity contribution in [3.05, 3.63) is 33.8 Å². The van der Waals surface area contributed by atoms with Crippen molar-refractivity contribution >= 4 is 21.9 Å². The second kappa shape index (κ2) is 5.00. The number of benzene rings is 1. The van der Waals surface area contributed by atoms with Gasteiger partial charge in [0.25, 0.3) is 0 Å². The van der Waals surface area contributed by atoms with Crippen LogP contribution in [0.15, 0.2) is 22.7 Å². The average molecular weight is 285 g/mol. The van der Waals surface area contributed by atoms with Crippen LogP contribution in [0.3, 0.4) is 0 Å². The van der Waals surface area contributed by atoms with Gasteiger partial charge in [0, 0.05) is 4.47 Å². The maximum atomic E-state index is 11.4. The Hall–Kier alpha value is -0.830. The first-order chi connectivity index (χ1) is 7.33. The number of methoxy groups -OCH3 is 1. The van der Waals surface area contributed by atoms with Gasteiger partial charge >= 0.3 is 5.97 Å². The molecule has 3 heteroatoms. The Balaban J connectivity index is 3.04. The van der Waals surface area contributed by atoms with Crippen molar-refractivity contribution < 1.29 is 9.53 Å². The summed E-state index contributed by atoms with van der Waals surface area (Å²) in [5.41, 5.74) is 1.93. The van der Waals surface area contributed by atoms with E-state index in [1.54, 1.807) is 6.07 Å². The molecule has 2 nitrogen and oxygen atoms in total. The Morgan fingerprint density at radius 2 is 2.00 bits per heavy atom. The molecule has 0 aliphatic rings. The summed E-state index contributed by atoms with van der Waals surface area (Å²) in [5, 5.41) is 0. The molecule has 0 radical (unpaired) electrons. The van der Waals surface area contributed by atoms with E-state index in [2.05, 4.69) is 36.7 Å². The molecule has 0 spiro atoms. The SMILES string of the molecule is COC(=O)c1ccc(Br)c(CC(C)(C)C)c1. The molecule has 16 heavy (non-hydrogen) atoms. The third-order valence-corrected chi connectivity index (χ3v) is 2.96. The van der Waals surface area contributed by atoms with Gasteiger partial charge in [-0.1, -0.05) is 36.7 Å². The van der Waals surface area contributed by atoms with Crippen LogP contribution >= 0.6 is 15.9 Å². The molecule has 0 fully saturated rings. The zero-order valence-electron chi connectivity index (χ0n) is 10.1. The van der Waals surface area contributed by atoms with Gasteiger partial charge in [0.05, 0.1) is 12.7 Å². The van der Waals surface area contributed by atoms with Crippen LogP contribution in [0.25, 0.3) is 0 Å². The molecule has 1 aromatic rings. The summed E-state index contributed by atoms with van der Waals surface area (Å²) in [6.07, 6.45) is 0.915. The molecule has 88 valence electrons. The van der Waals surface area contributed by atoms with Crippen LogP contribution in [0.4, 0.5) is 0 Å². The summed E-state index contributed by atoms with van der Waals surface area (Å²) in [7, 11) is 1.40. The first kappa shape index (κ1) is 13.2. The lowest BCUT2D eigenvalue weighted by atomic mass is 9.88.